The van der Waals surface area contributed by atoms with Crippen LogP contribution in [-0.4, -0.2) is 46.3 Å². The molecule has 24 heavy (non-hydrogen) atoms. The van der Waals surface area contributed by atoms with Gasteiger partial charge in [0.25, 0.3) is 0 Å². The molecule has 0 saturated carbocycles. The number of aliphatic hydroxyl groups is 1. The third-order valence-corrected chi connectivity index (χ3v) is 11.0. The molecular weight excluding hydrogens is 342 g/mol. The Bertz CT molecular complexity index is 638. The van der Waals surface area contributed by atoms with Crippen LogP contribution in [0, 0.1) is 0 Å². The molecule has 0 aromatic heterocycles. The van der Waals surface area contributed by atoms with Crippen molar-refractivity contribution in [2.45, 2.75) is 51.3 Å². The molecule has 0 bridgehead atoms. The summed E-state index contributed by atoms with van der Waals surface area (Å²) in [6.07, 6.45) is 0. The highest BCUT2D eigenvalue weighted by Gasteiger charge is 2.37. The molecule has 0 heterocycles. The second-order valence-electron chi connectivity index (χ2n) is 7.66. The highest BCUT2D eigenvalue weighted by Crippen LogP contribution is 2.36. The molecule has 5 nitrogen and oxygen atoms in total. The van der Waals surface area contributed by atoms with Crippen molar-refractivity contribution in [1.82, 2.24) is 4.31 Å². The van der Waals surface area contributed by atoms with Gasteiger partial charge in [0, 0.05) is 20.2 Å². The number of nitrogens with zero attached hydrogens (tertiary/aromatic N) is 1. The molecule has 0 radical (unpaired) electrons. The first-order valence-electron chi connectivity index (χ1n) is 8.16. The molecule has 138 valence electrons. The second kappa shape index (κ2) is 8.10. The van der Waals surface area contributed by atoms with Crippen LogP contribution >= 0.6 is 0 Å². The molecule has 0 aliphatic carbocycles. The SMILES string of the molecule is CN(CCO[Si](C)(C)C(C)(C)C)S(=O)(=O)Cc1cccc(CO)c1. The van der Waals surface area contributed by atoms with Gasteiger partial charge < -0.3 is 9.53 Å². The summed E-state index contributed by atoms with van der Waals surface area (Å²) in [5, 5.41) is 9.26. The summed E-state index contributed by atoms with van der Waals surface area (Å²) in [7, 11) is -3.69. The van der Waals surface area contributed by atoms with Crippen LogP contribution in [0.2, 0.25) is 18.1 Å². The van der Waals surface area contributed by atoms with E-state index in [4.69, 9.17) is 9.53 Å². The van der Waals surface area contributed by atoms with Crippen molar-refractivity contribution in [1.29, 1.82) is 0 Å². The highest BCUT2D eigenvalue weighted by atomic mass is 32.2. The standard InChI is InChI=1S/C17H31NO4SSi/c1-17(2,3)24(5,6)22-11-10-18(4)23(20,21)14-16-9-7-8-15(12-16)13-19/h7-9,12,19H,10-11,13-14H2,1-6H3. The predicted molar refractivity (Wildman–Crippen MR) is 101 cm³/mol. The van der Waals surface area contributed by atoms with E-state index >= 15 is 0 Å². The lowest BCUT2D eigenvalue weighted by molar-refractivity contribution is 0.263. The number of benzene rings is 1. The number of hydrogen-bond acceptors (Lipinski definition) is 4. The summed E-state index contributed by atoms with van der Waals surface area (Å²) in [6, 6.07) is 7.01. The summed E-state index contributed by atoms with van der Waals surface area (Å²) in [4.78, 5) is 0. The van der Waals surface area contributed by atoms with Gasteiger partial charge in [0.2, 0.25) is 10.0 Å². The lowest BCUT2D eigenvalue weighted by atomic mass is 10.1. The van der Waals surface area contributed by atoms with Gasteiger partial charge in [0.15, 0.2) is 8.32 Å². The average molecular weight is 374 g/mol. The van der Waals surface area contributed by atoms with E-state index in [1.165, 1.54) is 4.31 Å². The molecular formula is C17H31NO4SSi. The Balaban J connectivity index is 2.64. The molecule has 1 aromatic rings. The quantitative estimate of drug-likeness (QED) is 0.712. The molecule has 0 amide bonds. The van der Waals surface area contributed by atoms with Gasteiger partial charge in [0.1, 0.15) is 0 Å². The fourth-order valence-electron chi connectivity index (χ4n) is 1.92. The van der Waals surface area contributed by atoms with Crippen LogP contribution in [0.4, 0.5) is 0 Å². The molecule has 0 atom stereocenters. The summed E-state index contributed by atoms with van der Waals surface area (Å²) in [5.41, 5.74) is 1.39. The lowest BCUT2D eigenvalue weighted by Crippen LogP contribution is -2.43. The average Bonchev–Trinajstić information content (AvgIpc) is 2.45. The van der Waals surface area contributed by atoms with E-state index in [2.05, 4.69) is 33.9 Å². The van der Waals surface area contributed by atoms with E-state index in [0.717, 1.165) is 0 Å². The third-order valence-electron chi connectivity index (χ3n) is 4.67. The topological polar surface area (TPSA) is 66.8 Å². The van der Waals surface area contributed by atoms with Crippen LogP contribution in [0.5, 0.6) is 0 Å². The van der Waals surface area contributed by atoms with Gasteiger partial charge in [-0.2, -0.15) is 0 Å². The van der Waals surface area contributed by atoms with Crippen LogP contribution in [0.25, 0.3) is 0 Å². The Morgan fingerprint density at radius 1 is 1.21 bits per heavy atom. The van der Waals surface area contributed by atoms with Gasteiger partial charge in [-0.3, -0.25) is 0 Å². The molecule has 1 aromatic carbocycles. The Kier molecular flexibility index (Phi) is 7.19. The van der Waals surface area contributed by atoms with E-state index in [0.29, 0.717) is 24.3 Å². The first-order chi connectivity index (χ1) is 10.9. The summed E-state index contributed by atoms with van der Waals surface area (Å²) in [5.74, 6) is -0.0720. The Morgan fingerprint density at radius 3 is 2.33 bits per heavy atom. The second-order valence-corrected chi connectivity index (χ2v) is 14.5. The van der Waals surface area contributed by atoms with Gasteiger partial charge >= 0.3 is 0 Å². The minimum atomic E-state index is -3.40. The lowest BCUT2D eigenvalue weighted by Gasteiger charge is -2.36. The van der Waals surface area contributed by atoms with Crippen LogP contribution in [0.3, 0.4) is 0 Å². The van der Waals surface area contributed by atoms with Crippen molar-refractivity contribution in [3.63, 3.8) is 0 Å². The molecule has 0 aliphatic rings. The maximum atomic E-state index is 12.5. The molecule has 0 fully saturated rings. The third kappa shape index (κ3) is 5.97. The Labute approximate surface area is 147 Å². The zero-order valence-electron chi connectivity index (χ0n) is 15.7. The minimum absolute atomic E-state index is 0.0720. The Morgan fingerprint density at radius 2 is 1.79 bits per heavy atom. The fraction of sp³-hybridized carbons (Fsp3) is 0.647. The van der Waals surface area contributed by atoms with Gasteiger partial charge in [-0.05, 0) is 29.3 Å². The van der Waals surface area contributed by atoms with Crippen molar-refractivity contribution < 1.29 is 18.0 Å². The van der Waals surface area contributed by atoms with Crippen molar-refractivity contribution in [2.75, 3.05) is 20.2 Å². The monoisotopic (exact) mass is 373 g/mol. The molecule has 1 N–H and O–H groups in total. The maximum absolute atomic E-state index is 12.5. The molecule has 0 aliphatic heterocycles. The summed E-state index contributed by atoms with van der Waals surface area (Å²) >= 11 is 0. The molecule has 0 unspecified atom stereocenters. The van der Waals surface area contributed by atoms with Crippen molar-refractivity contribution >= 4 is 18.3 Å². The number of hydrogen-bond donors (Lipinski definition) is 1. The van der Waals surface area contributed by atoms with Crippen molar-refractivity contribution in [3.8, 4) is 0 Å². The highest BCUT2D eigenvalue weighted by molar-refractivity contribution is 7.88. The summed E-state index contributed by atoms with van der Waals surface area (Å²) in [6.45, 7) is 11.4. The number of aliphatic hydroxyl groups excluding tert-OH is 1. The maximum Gasteiger partial charge on any atom is 0.218 e. The minimum Gasteiger partial charge on any atom is -0.415 e. The molecule has 0 saturated heterocycles. The Hall–Kier alpha value is -0.733. The fourth-order valence-corrected chi connectivity index (χ4v) is 4.13. The van der Waals surface area contributed by atoms with Crippen molar-refractivity contribution in [2.24, 2.45) is 0 Å². The number of likely N-dealkylation sites (N-methyl/N-ethyl adjacent to an activating group) is 1. The van der Waals surface area contributed by atoms with E-state index in [1.54, 1.807) is 31.3 Å². The predicted octanol–water partition coefficient (Wildman–Crippen LogP) is 2.96. The zero-order chi connectivity index (χ0) is 18.6. The first-order valence-corrected chi connectivity index (χ1v) is 12.7. The smallest absolute Gasteiger partial charge is 0.218 e. The largest absolute Gasteiger partial charge is 0.415 e. The van der Waals surface area contributed by atoms with Crippen LogP contribution < -0.4 is 0 Å². The van der Waals surface area contributed by atoms with Gasteiger partial charge in [-0.1, -0.05) is 45.0 Å². The first kappa shape index (κ1) is 21.3. The number of sulfonamides is 1. The molecule has 1 rings (SSSR count). The van der Waals surface area contributed by atoms with Gasteiger partial charge in [-0.25, -0.2) is 12.7 Å². The van der Waals surface area contributed by atoms with Gasteiger partial charge in [-0.15, -0.1) is 0 Å². The van der Waals surface area contributed by atoms with E-state index in [-0.39, 0.29) is 17.4 Å². The number of rotatable bonds is 8. The van der Waals surface area contributed by atoms with Crippen LogP contribution in [-0.2, 0) is 26.8 Å². The molecule has 7 heteroatoms. The van der Waals surface area contributed by atoms with E-state index < -0.39 is 18.3 Å². The van der Waals surface area contributed by atoms with Gasteiger partial charge in [0.05, 0.1) is 12.4 Å². The van der Waals surface area contributed by atoms with E-state index in [9.17, 15) is 8.42 Å². The van der Waals surface area contributed by atoms with Crippen LogP contribution in [0.15, 0.2) is 24.3 Å². The van der Waals surface area contributed by atoms with E-state index in [1.807, 2.05) is 0 Å². The zero-order valence-corrected chi connectivity index (χ0v) is 17.5. The van der Waals surface area contributed by atoms with Crippen molar-refractivity contribution in [3.05, 3.63) is 35.4 Å². The summed E-state index contributed by atoms with van der Waals surface area (Å²) < 4.78 is 32.3. The van der Waals surface area contributed by atoms with Crippen LogP contribution in [0.1, 0.15) is 31.9 Å². The molecule has 0 spiro atoms. The normalized spacial score (nSPS) is 13.5.